The third-order valence-corrected chi connectivity index (χ3v) is 5.51. The second-order valence-electron chi connectivity index (χ2n) is 8.43. The van der Waals surface area contributed by atoms with Gasteiger partial charge in [0.05, 0.1) is 6.61 Å². The van der Waals surface area contributed by atoms with Gasteiger partial charge in [0.1, 0.15) is 5.75 Å². The van der Waals surface area contributed by atoms with Gasteiger partial charge < -0.3 is 15.0 Å². The van der Waals surface area contributed by atoms with Crippen LogP contribution in [0.5, 0.6) is 5.75 Å². The molecule has 0 saturated carbocycles. The number of nitrogens with one attached hydrogen (secondary N) is 2. The van der Waals surface area contributed by atoms with E-state index >= 15 is 0 Å². The van der Waals surface area contributed by atoms with Crippen LogP contribution in [0.2, 0.25) is 0 Å². The lowest BCUT2D eigenvalue weighted by atomic mass is 10.1. The van der Waals surface area contributed by atoms with Crippen LogP contribution in [0.1, 0.15) is 47.9 Å². The molecule has 0 unspecified atom stereocenters. The zero-order chi connectivity index (χ0) is 25.2. The monoisotopic (exact) mass is 489 g/mol. The molecule has 6 nitrogen and oxygen atoms in total. The summed E-state index contributed by atoms with van der Waals surface area (Å²) in [7, 11) is 0. The van der Waals surface area contributed by atoms with Gasteiger partial charge in [0.25, 0.3) is 11.8 Å². The van der Waals surface area contributed by atoms with E-state index in [0.29, 0.717) is 41.6 Å². The fraction of sp³-hybridized carbons (Fsp3) is 0.250. The molecule has 0 aromatic heterocycles. The minimum atomic E-state index is -0.329. The van der Waals surface area contributed by atoms with Crippen molar-refractivity contribution in [3.8, 4) is 5.75 Å². The van der Waals surface area contributed by atoms with Crippen LogP contribution in [0.25, 0.3) is 0 Å². The molecule has 182 valence electrons. The maximum Gasteiger partial charge on any atom is 0.258 e. The molecule has 0 heterocycles. The van der Waals surface area contributed by atoms with Gasteiger partial charge >= 0.3 is 0 Å². The van der Waals surface area contributed by atoms with Crippen molar-refractivity contribution in [1.29, 1.82) is 0 Å². The Labute approximate surface area is 212 Å². The first kappa shape index (κ1) is 25.9. The number of benzene rings is 3. The predicted molar refractivity (Wildman–Crippen MR) is 145 cm³/mol. The predicted octanol–water partition coefficient (Wildman–Crippen LogP) is 5.91. The minimum Gasteiger partial charge on any atom is -0.494 e. The molecular formula is C28H31N3O3S. The zero-order valence-corrected chi connectivity index (χ0v) is 21.1. The lowest BCUT2D eigenvalue weighted by Gasteiger charge is -2.21. The number of thiocarbonyl (C=S) groups is 1. The quantitative estimate of drug-likeness (QED) is 0.366. The highest BCUT2D eigenvalue weighted by Gasteiger charge is 2.16. The Kier molecular flexibility index (Phi) is 9.38. The number of nitrogens with zero attached hydrogens (tertiary/aromatic N) is 1. The summed E-state index contributed by atoms with van der Waals surface area (Å²) in [5.74, 6) is 0.780. The highest BCUT2D eigenvalue weighted by atomic mass is 32.1. The molecule has 2 amide bonds. The second-order valence-corrected chi connectivity index (χ2v) is 8.84. The van der Waals surface area contributed by atoms with Gasteiger partial charge in [0.2, 0.25) is 0 Å². The van der Waals surface area contributed by atoms with Gasteiger partial charge in [0, 0.05) is 29.0 Å². The van der Waals surface area contributed by atoms with Crippen molar-refractivity contribution >= 4 is 40.5 Å². The topological polar surface area (TPSA) is 70.7 Å². The van der Waals surface area contributed by atoms with Crippen LogP contribution in [-0.2, 0) is 0 Å². The number of carbonyl (C=O) groups is 2. The van der Waals surface area contributed by atoms with Crippen LogP contribution in [0.3, 0.4) is 0 Å². The summed E-state index contributed by atoms with van der Waals surface area (Å²) in [5, 5.41) is 5.84. The number of carbonyl (C=O) groups excluding carboxylic acids is 2. The highest BCUT2D eigenvalue weighted by Crippen LogP contribution is 2.18. The summed E-state index contributed by atoms with van der Waals surface area (Å²) >= 11 is 5.30. The van der Waals surface area contributed by atoms with Crippen LogP contribution >= 0.6 is 12.2 Å². The maximum atomic E-state index is 13.0. The van der Waals surface area contributed by atoms with Gasteiger partial charge in [0.15, 0.2) is 5.11 Å². The molecule has 0 saturated heterocycles. The van der Waals surface area contributed by atoms with Gasteiger partial charge in [-0.25, -0.2) is 0 Å². The maximum absolute atomic E-state index is 13.0. The number of anilines is 2. The molecule has 0 aliphatic rings. The van der Waals surface area contributed by atoms with Gasteiger partial charge in [-0.15, -0.1) is 0 Å². The van der Waals surface area contributed by atoms with E-state index in [4.69, 9.17) is 17.0 Å². The number of rotatable bonds is 9. The van der Waals surface area contributed by atoms with E-state index in [9.17, 15) is 9.59 Å². The molecule has 35 heavy (non-hydrogen) atoms. The van der Waals surface area contributed by atoms with Gasteiger partial charge in [-0.1, -0.05) is 38.1 Å². The van der Waals surface area contributed by atoms with E-state index in [1.54, 1.807) is 47.4 Å². The first-order valence-electron chi connectivity index (χ1n) is 11.7. The van der Waals surface area contributed by atoms with Crippen molar-refractivity contribution in [2.75, 3.05) is 23.4 Å². The first-order valence-corrected chi connectivity index (χ1v) is 12.1. The lowest BCUT2D eigenvalue weighted by molar-refractivity contribution is 0.0973. The molecule has 7 heteroatoms. The largest absolute Gasteiger partial charge is 0.494 e. The van der Waals surface area contributed by atoms with Crippen LogP contribution in [0.15, 0.2) is 78.9 Å². The Morgan fingerprint density at radius 2 is 1.66 bits per heavy atom. The Morgan fingerprint density at radius 1 is 0.943 bits per heavy atom. The molecule has 3 aromatic rings. The van der Waals surface area contributed by atoms with Gasteiger partial charge in [-0.2, -0.15) is 0 Å². The summed E-state index contributed by atoms with van der Waals surface area (Å²) < 4.78 is 5.73. The van der Waals surface area contributed by atoms with Crippen LogP contribution in [0, 0.1) is 5.92 Å². The van der Waals surface area contributed by atoms with Gasteiger partial charge in [-0.05, 0) is 86.1 Å². The second kappa shape index (κ2) is 12.7. The Morgan fingerprint density at radius 3 is 2.31 bits per heavy atom. The number of amides is 2. The zero-order valence-electron chi connectivity index (χ0n) is 20.3. The van der Waals surface area contributed by atoms with Crippen LogP contribution in [-0.4, -0.2) is 30.1 Å². The van der Waals surface area contributed by atoms with Gasteiger partial charge in [-0.3, -0.25) is 14.9 Å². The normalized spacial score (nSPS) is 10.5. The number of para-hydroxylation sites is 1. The Balaban J connectivity index is 1.57. The summed E-state index contributed by atoms with van der Waals surface area (Å²) in [6, 6.07) is 23.5. The third kappa shape index (κ3) is 7.65. The van der Waals surface area contributed by atoms with Crippen molar-refractivity contribution in [2.24, 2.45) is 5.92 Å². The standard InChI is InChI=1S/C28H31N3O3S/c1-4-31(24-10-6-5-7-11-24)27(33)21-13-15-23(16-14-21)29-28(35)30-26(32)22-9-8-12-25(19-22)34-18-17-20(2)3/h5-16,19-20H,4,17-18H2,1-3H3,(H2,29,30,32,35). The SMILES string of the molecule is CCN(C(=O)c1ccc(NC(=S)NC(=O)c2cccc(OCCC(C)C)c2)cc1)c1ccccc1. The van der Waals surface area contributed by atoms with Crippen molar-refractivity contribution in [3.05, 3.63) is 90.0 Å². The molecule has 0 fully saturated rings. The van der Waals surface area contributed by atoms with Crippen molar-refractivity contribution in [1.82, 2.24) is 5.32 Å². The van der Waals surface area contributed by atoms with Crippen LogP contribution in [0.4, 0.5) is 11.4 Å². The average molecular weight is 490 g/mol. The van der Waals surface area contributed by atoms with Crippen molar-refractivity contribution in [2.45, 2.75) is 27.2 Å². The molecule has 3 aromatic carbocycles. The number of ether oxygens (including phenoxy) is 1. The van der Waals surface area contributed by atoms with E-state index in [-0.39, 0.29) is 16.9 Å². The van der Waals surface area contributed by atoms with Crippen molar-refractivity contribution in [3.63, 3.8) is 0 Å². The molecule has 3 rings (SSSR count). The summed E-state index contributed by atoms with van der Waals surface area (Å²) in [6.07, 6.45) is 0.942. The fourth-order valence-corrected chi connectivity index (χ4v) is 3.59. The molecule has 0 aliphatic heterocycles. The third-order valence-electron chi connectivity index (χ3n) is 5.31. The summed E-state index contributed by atoms with van der Waals surface area (Å²) in [5.41, 5.74) is 2.53. The lowest BCUT2D eigenvalue weighted by Crippen LogP contribution is -2.34. The van der Waals surface area contributed by atoms with Crippen molar-refractivity contribution < 1.29 is 14.3 Å². The molecule has 0 spiro atoms. The summed E-state index contributed by atoms with van der Waals surface area (Å²) in [6.45, 7) is 7.37. The Bertz CT molecular complexity index is 1150. The van der Waals surface area contributed by atoms with Crippen LogP contribution < -0.4 is 20.3 Å². The number of hydrogen-bond acceptors (Lipinski definition) is 4. The molecule has 0 aliphatic carbocycles. The first-order chi connectivity index (χ1) is 16.9. The molecule has 2 N–H and O–H groups in total. The molecular weight excluding hydrogens is 458 g/mol. The molecule has 0 bridgehead atoms. The van der Waals surface area contributed by atoms with E-state index in [1.807, 2.05) is 43.3 Å². The van der Waals surface area contributed by atoms with E-state index in [1.165, 1.54) is 0 Å². The summed E-state index contributed by atoms with van der Waals surface area (Å²) in [4.78, 5) is 27.3. The van der Waals surface area contributed by atoms with E-state index in [2.05, 4.69) is 24.5 Å². The Hall–Kier alpha value is -3.71. The highest BCUT2D eigenvalue weighted by molar-refractivity contribution is 7.80. The molecule has 0 atom stereocenters. The molecule has 0 radical (unpaired) electrons. The smallest absolute Gasteiger partial charge is 0.258 e. The fourth-order valence-electron chi connectivity index (χ4n) is 3.38. The van der Waals surface area contributed by atoms with E-state index < -0.39 is 0 Å². The van der Waals surface area contributed by atoms with E-state index in [0.717, 1.165) is 12.1 Å². The minimum absolute atomic E-state index is 0.0865. The average Bonchev–Trinajstić information content (AvgIpc) is 2.85. The number of hydrogen-bond donors (Lipinski definition) is 2.